The Labute approximate surface area is 243 Å². The molecule has 4 aliphatic rings. The lowest BCUT2D eigenvalue weighted by Gasteiger charge is -2.58. The molecule has 8 heteroatoms. The number of aliphatic hydroxyl groups is 1. The number of fused-ring (bicyclic) bond motifs is 1. The predicted molar refractivity (Wildman–Crippen MR) is 158 cm³/mol. The number of esters is 1. The Balaban J connectivity index is 1.20. The van der Waals surface area contributed by atoms with Crippen LogP contribution in [0.2, 0.25) is 0 Å². The molecule has 2 heterocycles. The van der Waals surface area contributed by atoms with E-state index in [4.69, 9.17) is 4.74 Å². The van der Waals surface area contributed by atoms with Gasteiger partial charge in [0.1, 0.15) is 11.3 Å². The third-order valence-electron chi connectivity index (χ3n) is 9.56. The van der Waals surface area contributed by atoms with E-state index in [9.17, 15) is 19.5 Å². The molecule has 4 aromatic rings. The molecule has 1 amide bonds. The number of hydrogen-bond acceptors (Lipinski definition) is 6. The van der Waals surface area contributed by atoms with Gasteiger partial charge in [-0.05, 0) is 91.8 Å². The number of aromatic nitrogens is 2. The summed E-state index contributed by atoms with van der Waals surface area (Å²) in [6.07, 6.45) is 6.37. The maximum atomic E-state index is 13.8. The zero-order valence-corrected chi connectivity index (χ0v) is 23.5. The average molecular weight is 564 g/mol. The number of hydrogen-bond donors (Lipinski definition) is 2. The van der Waals surface area contributed by atoms with Crippen LogP contribution in [-0.4, -0.2) is 45.3 Å². The molecule has 2 N–H and O–H groups in total. The van der Waals surface area contributed by atoms with E-state index in [1.807, 2.05) is 42.5 Å². The number of benzene rings is 2. The van der Waals surface area contributed by atoms with Crippen molar-refractivity contribution < 1.29 is 19.4 Å². The van der Waals surface area contributed by atoms with Gasteiger partial charge in [-0.15, -0.1) is 0 Å². The number of nitrogens with one attached hydrogen (secondary N) is 1. The van der Waals surface area contributed by atoms with E-state index in [1.54, 1.807) is 35.0 Å². The Morgan fingerprint density at radius 1 is 1.00 bits per heavy atom. The van der Waals surface area contributed by atoms with Gasteiger partial charge in [0.15, 0.2) is 5.43 Å². The molecule has 4 bridgehead atoms. The molecule has 0 aliphatic heterocycles. The zero-order chi connectivity index (χ0) is 29.0. The van der Waals surface area contributed by atoms with Crippen LogP contribution in [0.15, 0.2) is 77.7 Å². The molecular formula is C34H33N3O5. The number of carbonyl (C=O) groups excluding carboxylic acids is 2. The van der Waals surface area contributed by atoms with Crippen LogP contribution in [-0.2, 0) is 11.2 Å². The number of carbonyl (C=O) groups is 2. The van der Waals surface area contributed by atoms with Crippen molar-refractivity contribution in [2.45, 2.75) is 50.2 Å². The average Bonchev–Trinajstić information content (AvgIpc) is 2.99. The van der Waals surface area contributed by atoms with Crippen molar-refractivity contribution in [3.63, 3.8) is 0 Å². The van der Waals surface area contributed by atoms with Crippen LogP contribution < -0.4 is 10.7 Å². The van der Waals surface area contributed by atoms with Crippen LogP contribution in [0.5, 0.6) is 0 Å². The fourth-order valence-electron chi connectivity index (χ4n) is 8.00. The number of rotatable bonds is 6. The van der Waals surface area contributed by atoms with Crippen molar-refractivity contribution in [3.05, 3.63) is 106 Å². The number of methoxy groups -OCH3 is 1. The van der Waals surface area contributed by atoms with Crippen molar-refractivity contribution in [3.8, 4) is 5.69 Å². The second-order valence-electron chi connectivity index (χ2n) is 12.3. The molecule has 0 spiro atoms. The summed E-state index contributed by atoms with van der Waals surface area (Å²) in [5.41, 5.74) is 2.00. The summed E-state index contributed by atoms with van der Waals surface area (Å²) < 4.78 is 6.84. The Bertz CT molecular complexity index is 1730. The first kappa shape index (κ1) is 26.6. The normalized spacial score (nSPS) is 25.9. The van der Waals surface area contributed by atoms with Crippen molar-refractivity contribution in [1.82, 2.24) is 14.9 Å². The third-order valence-corrected chi connectivity index (χ3v) is 9.56. The molecule has 0 radical (unpaired) electrons. The molecule has 2 aromatic heterocycles. The highest BCUT2D eigenvalue weighted by atomic mass is 16.5. The maximum Gasteiger partial charge on any atom is 0.355 e. The Hall–Kier alpha value is -4.30. The quantitative estimate of drug-likeness (QED) is 0.336. The van der Waals surface area contributed by atoms with Crippen molar-refractivity contribution in [1.29, 1.82) is 0 Å². The number of amides is 1. The summed E-state index contributed by atoms with van der Waals surface area (Å²) in [4.78, 5) is 44.7. The van der Waals surface area contributed by atoms with Gasteiger partial charge in [0.05, 0.1) is 18.1 Å². The van der Waals surface area contributed by atoms with Crippen molar-refractivity contribution in [2.75, 3.05) is 7.11 Å². The van der Waals surface area contributed by atoms with Crippen LogP contribution >= 0.6 is 0 Å². The minimum atomic E-state index is -0.630. The second-order valence-corrected chi connectivity index (χ2v) is 12.3. The maximum absolute atomic E-state index is 13.8. The molecule has 42 heavy (non-hydrogen) atoms. The largest absolute Gasteiger partial charge is 0.464 e. The fraction of sp³-hybridized carbons (Fsp3) is 0.353. The van der Waals surface area contributed by atoms with Crippen LogP contribution in [0.3, 0.4) is 0 Å². The van der Waals surface area contributed by atoms with Crippen LogP contribution in [0.25, 0.3) is 16.7 Å². The van der Waals surface area contributed by atoms with E-state index in [1.165, 1.54) is 7.11 Å². The molecule has 0 saturated heterocycles. The highest BCUT2D eigenvalue weighted by Gasteiger charge is 2.55. The predicted octanol–water partition coefficient (Wildman–Crippen LogP) is 4.43. The molecule has 8 nitrogen and oxygen atoms in total. The lowest BCUT2D eigenvalue weighted by Crippen LogP contribution is -2.61. The van der Waals surface area contributed by atoms with Crippen molar-refractivity contribution in [2.24, 2.45) is 17.8 Å². The van der Waals surface area contributed by atoms with Crippen molar-refractivity contribution >= 4 is 22.9 Å². The summed E-state index contributed by atoms with van der Waals surface area (Å²) >= 11 is 0. The number of para-hydroxylation sites is 1. The standard InChI is InChI=1S/C34H33N3O5/c1-42-33(40)29-27(30(38)26-8-5-13-35-31(26)37(29)25-6-3-2-4-7-25)16-20-9-11-22(12-10-20)32(39)36-28-23-14-21-15-24(28)19-34(41,17-21)18-23/h2-13,21,23-24,28,41H,14-19H2,1H3,(H,36,39)/t21?,23-,24?,28-,34+/m0/s1. The third kappa shape index (κ3) is 4.50. The number of pyridine rings is 2. The summed E-state index contributed by atoms with van der Waals surface area (Å²) in [7, 11) is 1.30. The van der Waals surface area contributed by atoms with E-state index in [2.05, 4.69) is 10.3 Å². The van der Waals surface area contributed by atoms with Gasteiger partial charge in [-0.1, -0.05) is 30.3 Å². The number of ether oxygens (including phenoxy) is 1. The minimum absolute atomic E-state index is 0.0966. The highest BCUT2D eigenvalue weighted by molar-refractivity contribution is 5.95. The van der Waals surface area contributed by atoms with E-state index in [0.717, 1.165) is 37.7 Å². The highest BCUT2D eigenvalue weighted by Crippen LogP contribution is 2.55. The first-order valence-corrected chi connectivity index (χ1v) is 14.6. The Morgan fingerprint density at radius 2 is 1.71 bits per heavy atom. The topological polar surface area (TPSA) is 111 Å². The van der Waals surface area contributed by atoms with E-state index < -0.39 is 11.6 Å². The van der Waals surface area contributed by atoms with Crippen LogP contribution in [0, 0.1) is 17.8 Å². The minimum Gasteiger partial charge on any atom is -0.464 e. The first-order chi connectivity index (χ1) is 20.3. The fourth-order valence-corrected chi connectivity index (χ4v) is 8.00. The molecule has 2 unspecified atom stereocenters. The van der Waals surface area contributed by atoms with E-state index in [-0.39, 0.29) is 29.5 Å². The van der Waals surface area contributed by atoms with Gasteiger partial charge in [-0.3, -0.25) is 14.2 Å². The van der Waals surface area contributed by atoms with Crippen LogP contribution in [0.4, 0.5) is 0 Å². The monoisotopic (exact) mass is 563 g/mol. The van der Waals surface area contributed by atoms with Crippen LogP contribution in [0.1, 0.15) is 64.1 Å². The van der Waals surface area contributed by atoms with Gasteiger partial charge < -0.3 is 15.2 Å². The van der Waals surface area contributed by atoms with E-state index >= 15 is 0 Å². The first-order valence-electron chi connectivity index (χ1n) is 14.6. The Morgan fingerprint density at radius 3 is 2.38 bits per heavy atom. The molecular weight excluding hydrogens is 530 g/mol. The summed E-state index contributed by atoms with van der Waals surface area (Å²) in [6.45, 7) is 0. The summed E-state index contributed by atoms with van der Waals surface area (Å²) in [5.74, 6) is 0.484. The molecule has 214 valence electrons. The van der Waals surface area contributed by atoms with Gasteiger partial charge in [0, 0.05) is 35.5 Å². The smallest absolute Gasteiger partial charge is 0.355 e. The van der Waals surface area contributed by atoms with Gasteiger partial charge in [0.25, 0.3) is 5.91 Å². The second kappa shape index (κ2) is 10.2. The Kier molecular flexibility index (Phi) is 6.46. The van der Waals surface area contributed by atoms with Gasteiger partial charge in [-0.2, -0.15) is 0 Å². The summed E-state index contributed by atoms with van der Waals surface area (Å²) in [6, 6.07) is 20.0. The molecule has 4 aliphatic carbocycles. The number of nitrogens with zero attached hydrogens (tertiary/aromatic N) is 2. The van der Waals surface area contributed by atoms with E-state index in [0.29, 0.717) is 45.6 Å². The lowest BCUT2D eigenvalue weighted by molar-refractivity contribution is -0.136. The summed E-state index contributed by atoms with van der Waals surface area (Å²) in [5, 5.41) is 14.6. The van der Waals surface area contributed by atoms with Gasteiger partial charge in [0.2, 0.25) is 0 Å². The molecule has 5 atom stereocenters. The SMILES string of the molecule is COC(=O)c1c(Cc2ccc(C(=O)N[C@@H]3C4CC5C[C@H]3C[C@](O)(C5)C4)cc2)c(=O)c2cccnc2n1-c1ccccc1. The molecule has 2 aromatic carbocycles. The van der Waals surface area contributed by atoms with Gasteiger partial charge in [-0.25, -0.2) is 9.78 Å². The molecule has 4 fully saturated rings. The lowest BCUT2D eigenvalue weighted by atomic mass is 9.52. The van der Waals surface area contributed by atoms with Gasteiger partial charge >= 0.3 is 5.97 Å². The molecule has 8 rings (SSSR count). The molecule has 4 saturated carbocycles. The zero-order valence-electron chi connectivity index (χ0n) is 23.5.